The fourth-order valence-electron chi connectivity index (χ4n) is 5.12. The summed E-state index contributed by atoms with van der Waals surface area (Å²) >= 11 is 0. The summed E-state index contributed by atoms with van der Waals surface area (Å²) in [6, 6.07) is 12.6. The summed E-state index contributed by atoms with van der Waals surface area (Å²) in [5.41, 5.74) is 6.59. The van der Waals surface area contributed by atoms with Gasteiger partial charge in [-0.25, -0.2) is 9.67 Å². The lowest BCUT2D eigenvalue weighted by molar-refractivity contribution is -0.129. The molecule has 0 spiro atoms. The number of aliphatic hydroxyl groups excluding tert-OH is 1. The largest absolute Gasteiger partial charge is 0.461 e. The Balaban J connectivity index is 1.49. The van der Waals surface area contributed by atoms with Crippen molar-refractivity contribution in [1.82, 2.24) is 34.7 Å². The summed E-state index contributed by atoms with van der Waals surface area (Å²) < 4.78 is 8.46. The zero-order valence-corrected chi connectivity index (χ0v) is 20.4. The molecule has 1 aliphatic rings. The van der Waals surface area contributed by atoms with Crippen LogP contribution in [0.2, 0.25) is 0 Å². The van der Waals surface area contributed by atoms with Gasteiger partial charge in [0.25, 0.3) is 5.91 Å². The van der Waals surface area contributed by atoms with Crippen LogP contribution in [0.15, 0.2) is 59.3 Å². The third-order valence-corrected chi connectivity index (χ3v) is 7.27. The molecule has 190 valence electrons. The molecule has 11 nitrogen and oxygen atoms in total. The fraction of sp³-hybridized carbons (Fsp3) is 0.346. The molecule has 37 heavy (non-hydrogen) atoms. The van der Waals surface area contributed by atoms with Gasteiger partial charge in [0.1, 0.15) is 0 Å². The lowest BCUT2D eigenvalue weighted by Crippen LogP contribution is -2.53. The first-order chi connectivity index (χ1) is 18.0. The smallest absolute Gasteiger partial charge is 0.252 e. The molecule has 3 unspecified atom stereocenters. The Morgan fingerprint density at radius 1 is 1.11 bits per heavy atom. The lowest BCUT2D eigenvalue weighted by Gasteiger charge is -2.32. The molecule has 1 aliphatic carbocycles. The van der Waals surface area contributed by atoms with E-state index in [1.54, 1.807) is 36.2 Å². The Labute approximate surface area is 212 Å². The summed E-state index contributed by atoms with van der Waals surface area (Å²) in [6.07, 6.45) is 6.90. The number of aromatic nitrogens is 6. The minimum Gasteiger partial charge on any atom is -0.461 e. The van der Waals surface area contributed by atoms with Gasteiger partial charge in [0, 0.05) is 0 Å². The van der Waals surface area contributed by atoms with E-state index in [4.69, 9.17) is 10.2 Å². The molecule has 1 aromatic carbocycles. The minimum atomic E-state index is -1.28. The fourth-order valence-corrected chi connectivity index (χ4v) is 5.12. The van der Waals surface area contributed by atoms with E-state index in [0.29, 0.717) is 34.7 Å². The SMILES string of the molecule is CC(C(=O)NC1CCCCCC1O)(c1ccccc1)n1ncc2c1nc(N)n1nc(-c3ccco3)nc21. The van der Waals surface area contributed by atoms with Crippen molar-refractivity contribution in [1.29, 1.82) is 0 Å². The van der Waals surface area contributed by atoms with Gasteiger partial charge >= 0.3 is 0 Å². The van der Waals surface area contributed by atoms with Gasteiger partial charge in [-0.15, -0.1) is 5.10 Å². The number of fused-ring (bicyclic) bond motifs is 3. The number of hydrogen-bond donors (Lipinski definition) is 3. The number of amides is 1. The third kappa shape index (κ3) is 3.82. The second kappa shape index (κ2) is 9.00. The van der Waals surface area contributed by atoms with Crippen molar-refractivity contribution in [2.75, 3.05) is 5.73 Å². The highest BCUT2D eigenvalue weighted by molar-refractivity contribution is 5.94. The molecular formula is C26H28N8O3. The van der Waals surface area contributed by atoms with E-state index in [2.05, 4.69) is 25.5 Å². The van der Waals surface area contributed by atoms with Crippen molar-refractivity contribution in [3.63, 3.8) is 0 Å². The molecule has 5 aromatic rings. The monoisotopic (exact) mass is 500 g/mol. The highest BCUT2D eigenvalue weighted by Crippen LogP contribution is 2.32. The normalized spacial score (nSPS) is 20.1. The maximum Gasteiger partial charge on any atom is 0.252 e. The Morgan fingerprint density at radius 3 is 2.70 bits per heavy atom. The van der Waals surface area contributed by atoms with Crippen LogP contribution < -0.4 is 11.1 Å². The highest BCUT2D eigenvalue weighted by Gasteiger charge is 2.41. The molecule has 0 radical (unpaired) electrons. The number of nitrogens with zero attached hydrogens (tertiary/aromatic N) is 6. The van der Waals surface area contributed by atoms with E-state index in [9.17, 15) is 9.90 Å². The van der Waals surface area contributed by atoms with Gasteiger partial charge in [-0.3, -0.25) is 4.79 Å². The van der Waals surface area contributed by atoms with E-state index >= 15 is 0 Å². The predicted molar refractivity (Wildman–Crippen MR) is 136 cm³/mol. The number of anilines is 1. The van der Waals surface area contributed by atoms with E-state index < -0.39 is 11.6 Å². The van der Waals surface area contributed by atoms with Crippen LogP contribution in [-0.4, -0.2) is 52.5 Å². The van der Waals surface area contributed by atoms with Crippen LogP contribution in [0, 0.1) is 0 Å². The Bertz CT molecular complexity index is 1560. The molecule has 4 N–H and O–H groups in total. The van der Waals surface area contributed by atoms with Gasteiger partial charge in [0.15, 0.2) is 22.6 Å². The average molecular weight is 501 g/mol. The maximum atomic E-state index is 14.1. The topological polar surface area (TPSA) is 149 Å². The van der Waals surface area contributed by atoms with Crippen molar-refractivity contribution in [3.05, 3.63) is 60.5 Å². The maximum absolute atomic E-state index is 14.1. The number of benzene rings is 1. The molecule has 11 heteroatoms. The number of hydrogen-bond acceptors (Lipinski definition) is 8. The summed E-state index contributed by atoms with van der Waals surface area (Å²) in [4.78, 5) is 23.3. The molecule has 6 rings (SSSR count). The summed E-state index contributed by atoms with van der Waals surface area (Å²) in [5.74, 6) is 0.681. The standard InChI is InChI=1S/C26H28N8O3/c1-26(16-9-4-2-5-10-16,24(36)29-18-11-6-3-7-12-19(18)35)34-23-17(15-28-34)22-30-21(20-13-8-14-37-20)32-33(22)25(27)31-23/h2,4-5,8-10,13-15,18-19,35H,3,6-7,11-12H2,1H3,(H2,27,31)(H,29,36). The molecule has 3 atom stereocenters. The van der Waals surface area contributed by atoms with E-state index in [-0.39, 0.29) is 17.9 Å². The molecule has 1 fully saturated rings. The molecule has 0 aliphatic heterocycles. The lowest BCUT2D eigenvalue weighted by atomic mass is 9.90. The van der Waals surface area contributed by atoms with Crippen LogP contribution in [0.4, 0.5) is 5.95 Å². The molecule has 4 aromatic heterocycles. The second-order valence-electron chi connectivity index (χ2n) is 9.64. The number of nitrogens with two attached hydrogens (primary N) is 1. The number of nitrogen functional groups attached to an aromatic ring is 1. The van der Waals surface area contributed by atoms with Gasteiger partial charge in [-0.05, 0) is 37.5 Å². The van der Waals surface area contributed by atoms with Crippen molar-refractivity contribution in [2.45, 2.75) is 56.7 Å². The summed E-state index contributed by atoms with van der Waals surface area (Å²) in [6.45, 7) is 1.80. The first kappa shape index (κ1) is 23.2. The Hall–Kier alpha value is -4.25. The van der Waals surface area contributed by atoms with Crippen LogP contribution in [0.25, 0.3) is 28.3 Å². The van der Waals surface area contributed by atoms with Gasteiger partial charge in [0.2, 0.25) is 11.8 Å². The zero-order valence-electron chi connectivity index (χ0n) is 20.4. The first-order valence-electron chi connectivity index (χ1n) is 12.5. The van der Waals surface area contributed by atoms with Gasteiger partial charge < -0.3 is 20.6 Å². The Morgan fingerprint density at radius 2 is 1.92 bits per heavy atom. The summed E-state index contributed by atoms with van der Waals surface area (Å²) in [7, 11) is 0. The van der Waals surface area contributed by atoms with Crippen molar-refractivity contribution in [2.24, 2.45) is 0 Å². The van der Waals surface area contributed by atoms with E-state index in [0.717, 1.165) is 31.2 Å². The van der Waals surface area contributed by atoms with Crippen LogP contribution >= 0.6 is 0 Å². The number of aliphatic hydroxyl groups is 1. The number of carbonyl (C=O) groups excluding carboxylic acids is 1. The predicted octanol–water partition coefficient (Wildman–Crippen LogP) is 2.89. The highest BCUT2D eigenvalue weighted by atomic mass is 16.3. The number of nitrogens with one attached hydrogen (secondary N) is 1. The minimum absolute atomic E-state index is 0.101. The summed E-state index contributed by atoms with van der Waals surface area (Å²) in [5, 5.41) is 23.5. The van der Waals surface area contributed by atoms with E-state index in [1.165, 1.54) is 4.52 Å². The van der Waals surface area contributed by atoms with Crippen LogP contribution in [0.5, 0.6) is 0 Å². The molecular weight excluding hydrogens is 472 g/mol. The van der Waals surface area contributed by atoms with Crippen molar-refractivity contribution in [3.8, 4) is 11.6 Å². The molecule has 1 saturated carbocycles. The third-order valence-electron chi connectivity index (χ3n) is 7.27. The van der Waals surface area contributed by atoms with Crippen LogP contribution in [-0.2, 0) is 10.3 Å². The van der Waals surface area contributed by atoms with Gasteiger partial charge in [-0.1, -0.05) is 49.6 Å². The van der Waals surface area contributed by atoms with Crippen molar-refractivity contribution < 1.29 is 14.3 Å². The zero-order chi connectivity index (χ0) is 25.6. The first-order valence-corrected chi connectivity index (χ1v) is 12.5. The number of carbonyl (C=O) groups is 1. The quantitative estimate of drug-likeness (QED) is 0.312. The van der Waals surface area contributed by atoms with Crippen molar-refractivity contribution >= 4 is 28.5 Å². The van der Waals surface area contributed by atoms with Gasteiger partial charge in [-0.2, -0.15) is 14.6 Å². The number of rotatable bonds is 5. The number of furan rings is 1. The van der Waals surface area contributed by atoms with Crippen LogP contribution in [0.1, 0.15) is 44.6 Å². The molecule has 1 amide bonds. The molecule has 4 heterocycles. The average Bonchev–Trinajstić information content (AvgIpc) is 3.65. The second-order valence-corrected chi connectivity index (χ2v) is 9.64. The van der Waals surface area contributed by atoms with Gasteiger partial charge in [0.05, 0.1) is 30.0 Å². The molecule has 0 bridgehead atoms. The Kier molecular flexibility index (Phi) is 5.64. The van der Waals surface area contributed by atoms with E-state index in [1.807, 2.05) is 30.3 Å². The molecule has 0 saturated heterocycles. The van der Waals surface area contributed by atoms with Crippen LogP contribution in [0.3, 0.4) is 0 Å².